The third-order valence-electron chi connectivity index (χ3n) is 2.72. The van der Waals surface area contributed by atoms with Crippen molar-refractivity contribution in [3.05, 3.63) is 65.5 Å². The van der Waals surface area contributed by atoms with E-state index in [-0.39, 0.29) is 5.56 Å². The van der Waals surface area contributed by atoms with E-state index in [2.05, 4.69) is 4.98 Å². The number of rotatable bonds is 4. The van der Waals surface area contributed by atoms with Crippen LogP contribution in [0.2, 0.25) is 0 Å². The molecule has 0 saturated carbocycles. The van der Waals surface area contributed by atoms with Crippen LogP contribution < -0.4 is 0 Å². The van der Waals surface area contributed by atoms with Crippen molar-refractivity contribution in [1.82, 2.24) is 4.98 Å². The van der Waals surface area contributed by atoms with Crippen molar-refractivity contribution in [3.63, 3.8) is 0 Å². The van der Waals surface area contributed by atoms with Crippen molar-refractivity contribution in [1.29, 1.82) is 0 Å². The van der Waals surface area contributed by atoms with Gasteiger partial charge in [0.2, 0.25) is 0 Å². The fourth-order valence-corrected chi connectivity index (χ4v) is 1.76. The van der Waals surface area contributed by atoms with Crippen LogP contribution in [0.1, 0.15) is 23.8 Å². The zero-order valence-electron chi connectivity index (χ0n) is 9.68. The first kappa shape index (κ1) is 12.6. The molecule has 18 heavy (non-hydrogen) atoms. The molecule has 0 bridgehead atoms. The molecule has 1 atom stereocenters. The van der Waals surface area contributed by atoms with Crippen molar-refractivity contribution in [2.75, 3.05) is 0 Å². The zero-order valence-corrected chi connectivity index (χ0v) is 9.68. The Morgan fingerprint density at radius 3 is 2.67 bits per heavy atom. The van der Waals surface area contributed by atoms with E-state index in [9.17, 15) is 13.9 Å². The zero-order chi connectivity index (χ0) is 13.0. The van der Waals surface area contributed by atoms with E-state index in [1.54, 1.807) is 12.3 Å². The standard InChI is InChI=1S/C14H13F2NO/c15-10-4-6-12(13(16)9-10)14(18)7-5-11-3-1-2-8-17-11/h1-4,6,8-9,14,18H,5,7H2. The van der Waals surface area contributed by atoms with Gasteiger partial charge in [-0.25, -0.2) is 8.78 Å². The van der Waals surface area contributed by atoms with Gasteiger partial charge >= 0.3 is 0 Å². The van der Waals surface area contributed by atoms with Crippen LogP contribution >= 0.6 is 0 Å². The molecule has 2 rings (SSSR count). The number of hydrogen-bond acceptors (Lipinski definition) is 2. The summed E-state index contributed by atoms with van der Waals surface area (Å²) in [5.41, 5.74) is 0.950. The van der Waals surface area contributed by atoms with Crippen molar-refractivity contribution < 1.29 is 13.9 Å². The Bertz CT molecular complexity index is 516. The number of aliphatic hydroxyl groups excluding tert-OH is 1. The highest BCUT2D eigenvalue weighted by molar-refractivity contribution is 5.21. The molecule has 0 aliphatic heterocycles. The minimum Gasteiger partial charge on any atom is -0.388 e. The van der Waals surface area contributed by atoms with Crippen molar-refractivity contribution in [2.24, 2.45) is 0 Å². The molecule has 1 aromatic heterocycles. The van der Waals surface area contributed by atoms with Gasteiger partial charge in [0, 0.05) is 23.5 Å². The molecule has 94 valence electrons. The van der Waals surface area contributed by atoms with Crippen LogP contribution in [0.15, 0.2) is 42.6 Å². The Morgan fingerprint density at radius 2 is 2.00 bits per heavy atom. The minimum absolute atomic E-state index is 0.118. The average molecular weight is 249 g/mol. The number of benzene rings is 1. The van der Waals surface area contributed by atoms with E-state index in [0.29, 0.717) is 12.8 Å². The second kappa shape index (κ2) is 5.69. The van der Waals surface area contributed by atoms with E-state index < -0.39 is 17.7 Å². The maximum Gasteiger partial charge on any atom is 0.131 e. The smallest absolute Gasteiger partial charge is 0.131 e. The summed E-state index contributed by atoms with van der Waals surface area (Å²) >= 11 is 0. The highest BCUT2D eigenvalue weighted by atomic mass is 19.1. The number of pyridine rings is 1. The van der Waals surface area contributed by atoms with Gasteiger partial charge in [-0.1, -0.05) is 12.1 Å². The third kappa shape index (κ3) is 3.11. The van der Waals surface area contributed by atoms with Crippen LogP contribution in [-0.4, -0.2) is 10.1 Å². The predicted molar refractivity (Wildman–Crippen MR) is 63.9 cm³/mol. The molecule has 1 heterocycles. The maximum atomic E-state index is 13.4. The van der Waals surface area contributed by atoms with Gasteiger partial charge in [0.15, 0.2) is 0 Å². The molecule has 0 aliphatic rings. The fourth-order valence-electron chi connectivity index (χ4n) is 1.76. The van der Waals surface area contributed by atoms with E-state index in [1.165, 1.54) is 6.07 Å². The van der Waals surface area contributed by atoms with Gasteiger partial charge < -0.3 is 5.11 Å². The summed E-state index contributed by atoms with van der Waals surface area (Å²) in [6.07, 6.45) is 1.60. The first-order valence-corrected chi connectivity index (χ1v) is 5.70. The fraction of sp³-hybridized carbons (Fsp3) is 0.214. The normalized spacial score (nSPS) is 12.4. The molecule has 0 amide bonds. The van der Waals surface area contributed by atoms with Gasteiger partial charge in [0.25, 0.3) is 0 Å². The molecule has 0 aliphatic carbocycles. The quantitative estimate of drug-likeness (QED) is 0.903. The third-order valence-corrected chi connectivity index (χ3v) is 2.72. The number of aliphatic hydroxyl groups is 1. The first-order valence-electron chi connectivity index (χ1n) is 5.70. The van der Waals surface area contributed by atoms with E-state index >= 15 is 0 Å². The molecule has 2 nitrogen and oxygen atoms in total. The predicted octanol–water partition coefficient (Wildman–Crippen LogP) is 3.03. The number of aryl methyl sites for hydroxylation is 1. The lowest BCUT2D eigenvalue weighted by molar-refractivity contribution is 0.162. The largest absolute Gasteiger partial charge is 0.388 e. The van der Waals surface area contributed by atoms with Crippen molar-refractivity contribution in [2.45, 2.75) is 18.9 Å². The van der Waals surface area contributed by atoms with Crippen molar-refractivity contribution >= 4 is 0 Å². The second-order valence-corrected chi connectivity index (χ2v) is 4.04. The topological polar surface area (TPSA) is 33.1 Å². The lowest BCUT2D eigenvalue weighted by Gasteiger charge is -2.11. The molecule has 0 radical (unpaired) electrons. The Labute approximate surface area is 104 Å². The Balaban J connectivity index is 2.01. The highest BCUT2D eigenvalue weighted by Gasteiger charge is 2.13. The Morgan fingerprint density at radius 1 is 1.17 bits per heavy atom. The summed E-state index contributed by atoms with van der Waals surface area (Å²) in [6, 6.07) is 8.69. The van der Waals surface area contributed by atoms with Gasteiger partial charge in [0.1, 0.15) is 11.6 Å². The summed E-state index contributed by atoms with van der Waals surface area (Å²) in [5.74, 6) is -1.36. The summed E-state index contributed by atoms with van der Waals surface area (Å²) in [4.78, 5) is 4.12. The molecular formula is C14H13F2NO. The van der Waals surface area contributed by atoms with Gasteiger partial charge in [0.05, 0.1) is 6.10 Å². The van der Waals surface area contributed by atoms with Gasteiger partial charge in [-0.3, -0.25) is 4.98 Å². The molecule has 1 N–H and O–H groups in total. The number of aromatic nitrogens is 1. The van der Waals surface area contributed by atoms with Gasteiger partial charge in [-0.15, -0.1) is 0 Å². The van der Waals surface area contributed by atoms with Crippen LogP contribution in [0, 0.1) is 11.6 Å². The monoisotopic (exact) mass is 249 g/mol. The molecular weight excluding hydrogens is 236 g/mol. The molecule has 2 aromatic rings. The summed E-state index contributed by atoms with van der Waals surface area (Å²) in [6.45, 7) is 0. The van der Waals surface area contributed by atoms with Crippen LogP contribution in [0.3, 0.4) is 0 Å². The lowest BCUT2D eigenvalue weighted by Crippen LogP contribution is -2.03. The van der Waals surface area contributed by atoms with Crippen LogP contribution in [0.4, 0.5) is 8.78 Å². The molecule has 0 saturated heterocycles. The van der Waals surface area contributed by atoms with Crippen molar-refractivity contribution in [3.8, 4) is 0 Å². The number of nitrogens with zero attached hydrogens (tertiary/aromatic N) is 1. The molecule has 4 heteroatoms. The van der Waals surface area contributed by atoms with Crippen LogP contribution in [0.25, 0.3) is 0 Å². The van der Waals surface area contributed by atoms with Gasteiger partial charge in [-0.05, 0) is 31.0 Å². The Kier molecular flexibility index (Phi) is 3.99. The first-order chi connectivity index (χ1) is 8.66. The van der Waals surface area contributed by atoms with Crippen LogP contribution in [0.5, 0.6) is 0 Å². The maximum absolute atomic E-state index is 13.4. The van der Waals surface area contributed by atoms with Crippen LogP contribution in [-0.2, 0) is 6.42 Å². The summed E-state index contributed by atoms with van der Waals surface area (Å²) in [7, 11) is 0. The second-order valence-electron chi connectivity index (χ2n) is 4.04. The Hall–Kier alpha value is -1.81. The number of halogens is 2. The number of hydrogen-bond donors (Lipinski definition) is 1. The molecule has 1 unspecified atom stereocenters. The molecule has 0 spiro atoms. The lowest BCUT2D eigenvalue weighted by atomic mass is 10.0. The minimum atomic E-state index is -0.951. The summed E-state index contributed by atoms with van der Waals surface area (Å²) < 4.78 is 26.1. The van der Waals surface area contributed by atoms with E-state index in [1.807, 2.05) is 12.1 Å². The molecule has 1 aromatic carbocycles. The average Bonchev–Trinajstić information content (AvgIpc) is 2.37. The SMILES string of the molecule is OC(CCc1ccccn1)c1ccc(F)cc1F. The van der Waals surface area contributed by atoms with E-state index in [0.717, 1.165) is 17.8 Å². The van der Waals surface area contributed by atoms with Gasteiger partial charge in [-0.2, -0.15) is 0 Å². The molecule has 0 fully saturated rings. The summed E-state index contributed by atoms with van der Waals surface area (Å²) in [5, 5.41) is 9.86. The van der Waals surface area contributed by atoms with E-state index in [4.69, 9.17) is 0 Å². The highest BCUT2D eigenvalue weighted by Crippen LogP contribution is 2.22.